The molecule has 2 aromatic carbocycles. The second-order valence-corrected chi connectivity index (χ2v) is 5.55. The maximum atomic E-state index is 13.0. The van der Waals surface area contributed by atoms with Gasteiger partial charge in [-0.05, 0) is 35.9 Å². The molecule has 0 spiro atoms. The van der Waals surface area contributed by atoms with Crippen molar-refractivity contribution in [1.29, 1.82) is 0 Å². The number of halogens is 2. The van der Waals surface area contributed by atoms with Gasteiger partial charge in [0.05, 0.1) is 0 Å². The van der Waals surface area contributed by atoms with Crippen LogP contribution in [0.3, 0.4) is 0 Å². The molecule has 26 heavy (non-hydrogen) atoms. The molecule has 0 radical (unpaired) electrons. The van der Waals surface area contributed by atoms with Crippen molar-refractivity contribution >= 4 is 17.7 Å². The monoisotopic (exact) mass is 361 g/mol. The molecule has 0 fully saturated rings. The van der Waals surface area contributed by atoms with Crippen LogP contribution in [-0.4, -0.2) is 25.4 Å². The predicted octanol–water partition coefficient (Wildman–Crippen LogP) is 3.43. The summed E-state index contributed by atoms with van der Waals surface area (Å²) >= 11 is 0. The van der Waals surface area contributed by atoms with Crippen LogP contribution in [0.25, 0.3) is 6.08 Å². The average molecular weight is 361 g/mol. The summed E-state index contributed by atoms with van der Waals surface area (Å²) in [7, 11) is 0. The lowest BCUT2D eigenvalue weighted by Gasteiger charge is -2.18. The standard InChI is InChI=1S/C18H13F2NO5/c19-18(20)25-14-4-1-11(9-16(14)26-18)2-6-17(22)21-12-3-5-13-15(10-12)24-8-7-23-13/h1-6,9-10H,7-8H2,(H,21,22)/b6-2+. The number of hydrogen-bond donors (Lipinski definition) is 1. The van der Waals surface area contributed by atoms with Gasteiger partial charge < -0.3 is 24.3 Å². The van der Waals surface area contributed by atoms with E-state index in [-0.39, 0.29) is 17.4 Å². The molecule has 134 valence electrons. The Hall–Kier alpha value is -3.29. The number of carbonyl (C=O) groups is 1. The van der Waals surface area contributed by atoms with Crippen LogP contribution in [0.2, 0.25) is 0 Å². The number of alkyl halides is 2. The highest BCUT2D eigenvalue weighted by molar-refractivity contribution is 6.02. The van der Waals surface area contributed by atoms with Crippen molar-refractivity contribution in [3.05, 3.63) is 48.0 Å². The molecule has 1 N–H and O–H groups in total. The van der Waals surface area contributed by atoms with Crippen molar-refractivity contribution in [3.8, 4) is 23.0 Å². The highest BCUT2D eigenvalue weighted by Crippen LogP contribution is 2.41. The minimum absolute atomic E-state index is 0.0483. The minimum Gasteiger partial charge on any atom is -0.486 e. The minimum atomic E-state index is -3.67. The number of ether oxygens (including phenoxy) is 4. The number of benzene rings is 2. The summed E-state index contributed by atoms with van der Waals surface area (Å²) in [6.45, 7) is 0.941. The molecule has 6 nitrogen and oxygen atoms in total. The normalized spacial score (nSPS) is 16.5. The number of rotatable bonds is 3. The summed E-state index contributed by atoms with van der Waals surface area (Å²) in [6, 6.07) is 9.34. The van der Waals surface area contributed by atoms with Gasteiger partial charge in [-0.3, -0.25) is 4.79 Å². The van der Waals surface area contributed by atoms with Gasteiger partial charge in [-0.1, -0.05) is 6.07 Å². The van der Waals surface area contributed by atoms with Gasteiger partial charge >= 0.3 is 6.29 Å². The predicted molar refractivity (Wildman–Crippen MR) is 87.7 cm³/mol. The van der Waals surface area contributed by atoms with Crippen molar-refractivity contribution in [2.24, 2.45) is 0 Å². The first-order valence-corrected chi connectivity index (χ1v) is 7.77. The third kappa shape index (κ3) is 3.39. The van der Waals surface area contributed by atoms with Crippen molar-refractivity contribution in [2.75, 3.05) is 18.5 Å². The van der Waals surface area contributed by atoms with Crippen molar-refractivity contribution in [2.45, 2.75) is 6.29 Å². The van der Waals surface area contributed by atoms with E-state index < -0.39 is 6.29 Å². The van der Waals surface area contributed by atoms with Gasteiger partial charge in [0, 0.05) is 17.8 Å². The van der Waals surface area contributed by atoms with Gasteiger partial charge in [-0.25, -0.2) is 0 Å². The molecular weight excluding hydrogens is 348 g/mol. The molecule has 2 aliphatic heterocycles. The van der Waals surface area contributed by atoms with E-state index in [4.69, 9.17) is 9.47 Å². The SMILES string of the molecule is O=C(/C=C/c1ccc2c(c1)OC(F)(F)O2)Nc1ccc2c(c1)OCCO2. The lowest BCUT2D eigenvalue weighted by atomic mass is 10.2. The third-order valence-corrected chi connectivity index (χ3v) is 3.66. The Bertz CT molecular complexity index is 897. The number of carbonyl (C=O) groups excluding carboxylic acids is 1. The van der Waals surface area contributed by atoms with E-state index in [1.807, 2.05) is 0 Å². The van der Waals surface area contributed by atoms with E-state index in [0.29, 0.717) is 36.0 Å². The van der Waals surface area contributed by atoms with Gasteiger partial charge in [0.25, 0.3) is 0 Å². The zero-order valence-electron chi connectivity index (χ0n) is 13.3. The summed E-state index contributed by atoms with van der Waals surface area (Å²) in [5.41, 5.74) is 1.07. The zero-order valence-corrected chi connectivity index (χ0v) is 13.3. The molecule has 2 aromatic rings. The summed E-state index contributed by atoms with van der Waals surface area (Å²) in [5.74, 6) is 0.679. The fraction of sp³-hybridized carbons (Fsp3) is 0.167. The fourth-order valence-corrected chi connectivity index (χ4v) is 2.55. The second kappa shape index (κ2) is 6.21. The zero-order chi connectivity index (χ0) is 18.1. The molecule has 0 atom stereocenters. The van der Waals surface area contributed by atoms with Crippen molar-refractivity contribution in [1.82, 2.24) is 0 Å². The number of anilines is 1. The van der Waals surface area contributed by atoms with Crippen LogP contribution in [0.15, 0.2) is 42.5 Å². The molecule has 0 aliphatic carbocycles. The Morgan fingerprint density at radius 2 is 1.69 bits per heavy atom. The largest absolute Gasteiger partial charge is 0.586 e. The molecule has 1 amide bonds. The summed E-state index contributed by atoms with van der Waals surface area (Å²) in [4.78, 5) is 12.0. The highest BCUT2D eigenvalue weighted by atomic mass is 19.3. The van der Waals surface area contributed by atoms with Crippen molar-refractivity contribution in [3.63, 3.8) is 0 Å². The fourth-order valence-electron chi connectivity index (χ4n) is 2.55. The Morgan fingerprint density at radius 3 is 2.54 bits per heavy atom. The number of hydrogen-bond acceptors (Lipinski definition) is 5. The summed E-state index contributed by atoms with van der Waals surface area (Å²) in [6.07, 6.45) is -0.903. The summed E-state index contributed by atoms with van der Waals surface area (Å²) < 4.78 is 45.6. The molecular formula is C18H13F2NO5. The Balaban J connectivity index is 1.42. The van der Waals surface area contributed by atoms with Gasteiger partial charge in [0.1, 0.15) is 13.2 Å². The van der Waals surface area contributed by atoms with Crippen LogP contribution in [-0.2, 0) is 4.79 Å². The Kier molecular flexibility index (Phi) is 3.87. The smallest absolute Gasteiger partial charge is 0.486 e. The van der Waals surface area contributed by atoms with E-state index in [1.54, 1.807) is 18.2 Å². The van der Waals surface area contributed by atoms with Crippen LogP contribution < -0.4 is 24.3 Å². The lowest BCUT2D eigenvalue weighted by molar-refractivity contribution is -0.286. The Labute approximate surface area is 146 Å². The molecule has 0 saturated heterocycles. The first kappa shape index (κ1) is 16.2. The van der Waals surface area contributed by atoms with Gasteiger partial charge in [-0.15, -0.1) is 8.78 Å². The topological polar surface area (TPSA) is 66.0 Å². The molecule has 0 unspecified atom stereocenters. The second-order valence-electron chi connectivity index (χ2n) is 5.55. The van der Waals surface area contributed by atoms with Crippen LogP contribution >= 0.6 is 0 Å². The number of fused-ring (bicyclic) bond motifs is 2. The van der Waals surface area contributed by atoms with Crippen LogP contribution in [0.1, 0.15) is 5.56 Å². The van der Waals surface area contributed by atoms with Gasteiger partial charge in [0.15, 0.2) is 23.0 Å². The van der Waals surface area contributed by atoms with Crippen LogP contribution in [0, 0.1) is 0 Å². The molecule has 0 saturated carbocycles. The van der Waals surface area contributed by atoms with Crippen molar-refractivity contribution < 1.29 is 32.5 Å². The van der Waals surface area contributed by atoms with E-state index in [1.165, 1.54) is 30.4 Å². The molecule has 2 aliphatic rings. The summed E-state index contributed by atoms with van der Waals surface area (Å²) in [5, 5.41) is 2.69. The average Bonchev–Trinajstić information content (AvgIpc) is 2.93. The molecule has 8 heteroatoms. The molecule has 0 bridgehead atoms. The molecule has 4 rings (SSSR count). The van der Waals surface area contributed by atoms with E-state index in [9.17, 15) is 13.6 Å². The highest BCUT2D eigenvalue weighted by Gasteiger charge is 2.43. The third-order valence-electron chi connectivity index (χ3n) is 3.66. The van der Waals surface area contributed by atoms with E-state index in [0.717, 1.165) is 0 Å². The Morgan fingerprint density at radius 1 is 0.962 bits per heavy atom. The maximum absolute atomic E-state index is 13.0. The molecule has 0 aromatic heterocycles. The van der Waals surface area contributed by atoms with Crippen LogP contribution in [0.4, 0.5) is 14.5 Å². The van der Waals surface area contributed by atoms with Crippen LogP contribution in [0.5, 0.6) is 23.0 Å². The van der Waals surface area contributed by atoms with Gasteiger partial charge in [0.2, 0.25) is 5.91 Å². The van der Waals surface area contributed by atoms with E-state index in [2.05, 4.69) is 14.8 Å². The maximum Gasteiger partial charge on any atom is 0.586 e. The quantitative estimate of drug-likeness (QED) is 0.849. The number of nitrogens with one attached hydrogen (secondary N) is 1. The number of amides is 1. The van der Waals surface area contributed by atoms with Gasteiger partial charge in [-0.2, -0.15) is 0 Å². The van der Waals surface area contributed by atoms with E-state index >= 15 is 0 Å². The molecule has 2 heterocycles. The lowest BCUT2D eigenvalue weighted by Crippen LogP contribution is -2.25. The first-order valence-electron chi connectivity index (χ1n) is 7.77. The first-order chi connectivity index (χ1) is 12.5.